The molecule has 5 heteroatoms. The van der Waals surface area contributed by atoms with Crippen LogP contribution in [0.25, 0.3) is 0 Å². The Morgan fingerprint density at radius 1 is 1.15 bits per heavy atom. The van der Waals surface area contributed by atoms with Gasteiger partial charge in [0.2, 0.25) is 5.91 Å². The first-order valence-corrected chi connectivity index (χ1v) is 9.95. The Hall–Kier alpha value is -1.88. The van der Waals surface area contributed by atoms with Crippen LogP contribution in [0.2, 0.25) is 5.02 Å². The highest BCUT2D eigenvalue weighted by Crippen LogP contribution is 2.22. The number of nitrogens with one attached hydrogen (secondary N) is 2. The van der Waals surface area contributed by atoms with Crippen LogP contribution >= 0.6 is 11.6 Å². The third kappa shape index (κ3) is 5.80. The molecule has 1 aliphatic heterocycles. The Balaban J connectivity index is 1.65. The van der Waals surface area contributed by atoms with E-state index in [2.05, 4.69) is 33.7 Å². The second-order valence-corrected chi connectivity index (χ2v) is 7.97. The van der Waals surface area contributed by atoms with Gasteiger partial charge in [-0.3, -0.25) is 9.69 Å². The van der Waals surface area contributed by atoms with Gasteiger partial charge in [0, 0.05) is 36.7 Å². The molecule has 1 fully saturated rings. The van der Waals surface area contributed by atoms with E-state index in [4.69, 9.17) is 11.6 Å². The van der Waals surface area contributed by atoms with Crippen molar-refractivity contribution in [1.82, 2.24) is 15.5 Å². The summed E-state index contributed by atoms with van der Waals surface area (Å²) in [4.78, 5) is 15.0. The van der Waals surface area contributed by atoms with Crippen molar-refractivity contribution < 1.29 is 4.79 Å². The first kappa shape index (κ1) is 19.9. The molecule has 0 spiro atoms. The molecule has 27 heavy (non-hydrogen) atoms. The lowest BCUT2D eigenvalue weighted by atomic mass is 10.1. The van der Waals surface area contributed by atoms with Crippen LogP contribution in [0.15, 0.2) is 54.6 Å². The molecule has 2 aromatic rings. The maximum Gasteiger partial charge on any atom is 0.237 e. The van der Waals surface area contributed by atoms with Crippen LogP contribution in [0.3, 0.4) is 0 Å². The first-order chi connectivity index (χ1) is 13.0. The molecule has 1 aliphatic rings. The average molecular weight is 386 g/mol. The van der Waals surface area contributed by atoms with Crippen LogP contribution in [0.5, 0.6) is 0 Å². The molecule has 0 unspecified atom stereocenters. The van der Waals surface area contributed by atoms with Crippen molar-refractivity contribution in [2.24, 2.45) is 0 Å². The SMILES string of the molecule is CC(C)NC(=O)[C@@H]1C[C@@H](NCc2cccc(Cl)c2)CN1Cc1ccccc1. The smallest absolute Gasteiger partial charge is 0.237 e. The molecule has 4 nitrogen and oxygen atoms in total. The largest absolute Gasteiger partial charge is 0.353 e. The fourth-order valence-electron chi connectivity index (χ4n) is 3.61. The quantitative estimate of drug-likeness (QED) is 0.765. The molecule has 144 valence electrons. The van der Waals surface area contributed by atoms with Gasteiger partial charge < -0.3 is 10.6 Å². The summed E-state index contributed by atoms with van der Waals surface area (Å²) in [5.41, 5.74) is 2.39. The molecule has 1 amide bonds. The first-order valence-electron chi connectivity index (χ1n) is 9.57. The normalized spacial score (nSPS) is 20.1. The minimum Gasteiger partial charge on any atom is -0.353 e. The Morgan fingerprint density at radius 2 is 1.89 bits per heavy atom. The van der Waals surface area contributed by atoms with Gasteiger partial charge in [-0.25, -0.2) is 0 Å². The third-order valence-corrected chi connectivity index (χ3v) is 5.08. The Labute approximate surface area is 166 Å². The van der Waals surface area contributed by atoms with Gasteiger partial charge in [-0.15, -0.1) is 0 Å². The Bertz CT molecular complexity index is 750. The maximum absolute atomic E-state index is 12.7. The van der Waals surface area contributed by atoms with Crippen molar-refractivity contribution in [1.29, 1.82) is 0 Å². The lowest BCUT2D eigenvalue weighted by Crippen LogP contribution is -2.45. The van der Waals surface area contributed by atoms with Gasteiger partial charge in [-0.05, 0) is 43.5 Å². The summed E-state index contributed by atoms with van der Waals surface area (Å²) in [6.45, 7) is 6.40. The number of carbonyl (C=O) groups is 1. The van der Waals surface area contributed by atoms with E-state index in [9.17, 15) is 4.79 Å². The van der Waals surface area contributed by atoms with Crippen molar-refractivity contribution in [3.63, 3.8) is 0 Å². The van der Waals surface area contributed by atoms with E-state index >= 15 is 0 Å². The van der Waals surface area contributed by atoms with Crippen LogP contribution in [0, 0.1) is 0 Å². The number of carbonyl (C=O) groups excluding carboxylic acids is 1. The number of nitrogens with zero attached hydrogens (tertiary/aromatic N) is 1. The fourth-order valence-corrected chi connectivity index (χ4v) is 3.82. The van der Waals surface area contributed by atoms with E-state index in [1.807, 2.05) is 50.2 Å². The molecule has 0 bridgehead atoms. The van der Waals surface area contributed by atoms with E-state index in [0.717, 1.165) is 36.6 Å². The summed E-state index contributed by atoms with van der Waals surface area (Å²) in [6, 6.07) is 18.6. The van der Waals surface area contributed by atoms with Crippen LogP contribution in [0.4, 0.5) is 0 Å². The van der Waals surface area contributed by atoms with Gasteiger partial charge in [-0.2, -0.15) is 0 Å². The maximum atomic E-state index is 12.7. The summed E-state index contributed by atoms with van der Waals surface area (Å²) in [5.74, 6) is 0.119. The van der Waals surface area contributed by atoms with Crippen molar-refractivity contribution in [3.05, 3.63) is 70.7 Å². The number of benzene rings is 2. The van der Waals surface area contributed by atoms with Gasteiger partial charge in [0.15, 0.2) is 0 Å². The Kier molecular flexibility index (Phi) is 6.89. The lowest BCUT2D eigenvalue weighted by molar-refractivity contribution is -0.126. The number of amides is 1. The van der Waals surface area contributed by atoms with Gasteiger partial charge in [-0.1, -0.05) is 54.1 Å². The van der Waals surface area contributed by atoms with E-state index < -0.39 is 0 Å². The summed E-state index contributed by atoms with van der Waals surface area (Å²) in [5, 5.41) is 7.43. The monoisotopic (exact) mass is 385 g/mol. The van der Waals surface area contributed by atoms with Crippen LogP contribution in [0.1, 0.15) is 31.4 Å². The number of hydrogen-bond acceptors (Lipinski definition) is 3. The highest BCUT2D eigenvalue weighted by molar-refractivity contribution is 6.30. The number of hydrogen-bond donors (Lipinski definition) is 2. The molecule has 3 rings (SSSR count). The topological polar surface area (TPSA) is 44.4 Å². The van der Waals surface area contributed by atoms with Gasteiger partial charge in [0.05, 0.1) is 6.04 Å². The number of rotatable bonds is 7. The van der Waals surface area contributed by atoms with E-state index in [1.165, 1.54) is 5.56 Å². The molecular formula is C22H28ClN3O. The zero-order valence-corrected chi connectivity index (χ0v) is 16.7. The van der Waals surface area contributed by atoms with Crippen molar-refractivity contribution in [2.45, 2.75) is 51.5 Å². The predicted molar refractivity (Wildman–Crippen MR) is 111 cm³/mol. The molecule has 2 atom stereocenters. The van der Waals surface area contributed by atoms with Crippen LogP contribution in [-0.2, 0) is 17.9 Å². The Morgan fingerprint density at radius 3 is 2.59 bits per heavy atom. The van der Waals surface area contributed by atoms with Gasteiger partial charge in [0.25, 0.3) is 0 Å². The lowest BCUT2D eigenvalue weighted by Gasteiger charge is -2.24. The standard InChI is InChI=1S/C22H28ClN3O/c1-16(2)25-22(27)21-12-20(24-13-18-9-6-10-19(23)11-18)15-26(21)14-17-7-4-3-5-8-17/h3-11,16,20-21,24H,12-15H2,1-2H3,(H,25,27)/t20-,21+/m1/s1. The molecule has 0 saturated carbocycles. The third-order valence-electron chi connectivity index (χ3n) is 4.85. The fraction of sp³-hybridized carbons (Fsp3) is 0.409. The van der Waals surface area contributed by atoms with E-state index in [-0.39, 0.29) is 24.0 Å². The second kappa shape index (κ2) is 9.36. The molecule has 1 heterocycles. The molecule has 2 aromatic carbocycles. The molecule has 1 saturated heterocycles. The van der Waals surface area contributed by atoms with Crippen molar-refractivity contribution in [2.75, 3.05) is 6.54 Å². The zero-order chi connectivity index (χ0) is 19.2. The zero-order valence-electron chi connectivity index (χ0n) is 16.0. The van der Waals surface area contributed by atoms with Gasteiger partial charge in [0.1, 0.15) is 0 Å². The average Bonchev–Trinajstić information content (AvgIpc) is 3.03. The van der Waals surface area contributed by atoms with Crippen LogP contribution < -0.4 is 10.6 Å². The highest BCUT2D eigenvalue weighted by Gasteiger charge is 2.36. The molecule has 0 radical (unpaired) electrons. The van der Waals surface area contributed by atoms with Gasteiger partial charge >= 0.3 is 0 Å². The van der Waals surface area contributed by atoms with E-state index in [0.29, 0.717) is 0 Å². The number of halogens is 1. The summed E-state index contributed by atoms with van der Waals surface area (Å²) in [6.07, 6.45) is 0.811. The number of likely N-dealkylation sites (tertiary alicyclic amines) is 1. The molecular weight excluding hydrogens is 358 g/mol. The highest BCUT2D eigenvalue weighted by atomic mass is 35.5. The molecule has 0 aromatic heterocycles. The van der Waals surface area contributed by atoms with Crippen molar-refractivity contribution >= 4 is 17.5 Å². The second-order valence-electron chi connectivity index (χ2n) is 7.54. The minimum absolute atomic E-state index is 0.107. The minimum atomic E-state index is -0.107. The van der Waals surface area contributed by atoms with E-state index in [1.54, 1.807) is 0 Å². The summed E-state index contributed by atoms with van der Waals surface area (Å²) >= 11 is 6.08. The molecule has 2 N–H and O–H groups in total. The summed E-state index contributed by atoms with van der Waals surface area (Å²) < 4.78 is 0. The molecule has 0 aliphatic carbocycles. The van der Waals surface area contributed by atoms with Crippen molar-refractivity contribution in [3.8, 4) is 0 Å². The summed E-state index contributed by atoms with van der Waals surface area (Å²) in [7, 11) is 0. The van der Waals surface area contributed by atoms with Crippen LogP contribution in [-0.4, -0.2) is 35.5 Å². The predicted octanol–water partition coefficient (Wildman–Crippen LogP) is 3.60.